The number of nitrogens with one attached hydrogen (secondary N) is 2. The van der Waals surface area contributed by atoms with Crippen LogP contribution < -0.4 is 22.1 Å². The maximum absolute atomic E-state index is 12.1. The maximum Gasteiger partial charge on any atom is 0.326 e. The van der Waals surface area contributed by atoms with E-state index in [4.69, 9.17) is 16.6 Å². The van der Waals surface area contributed by atoms with Crippen molar-refractivity contribution in [3.8, 4) is 0 Å². The number of amides is 3. The van der Waals surface area contributed by atoms with Crippen molar-refractivity contribution in [2.24, 2.45) is 11.5 Å². The van der Waals surface area contributed by atoms with Crippen LogP contribution in [0, 0.1) is 0 Å². The Morgan fingerprint density at radius 1 is 1.00 bits per heavy atom. The summed E-state index contributed by atoms with van der Waals surface area (Å²) in [6, 6.07) is 4.99. The Morgan fingerprint density at radius 3 is 2.08 bits per heavy atom. The number of aliphatic hydroxyl groups excluding tert-OH is 1. The molecule has 0 aliphatic carbocycles. The lowest BCUT2D eigenvalue weighted by Gasteiger charge is -2.21. The molecule has 3 amide bonds. The van der Waals surface area contributed by atoms with Crippen molar-refractivity contribution in [2.45, 2.75) is 31.0 Å². The van der Waals surface area contributed by atoms with Gasteiger partial charge in [0, 0.05) is 0 Å². The molecule has 10 heteroatoms. The van der Waals surface area contributed by atoms with Gasteiger partial charge in [-0.15, -0.1) is 0 Å². The lowest BCUT2D eigenvalue weighted by molar-refractivity contribution is -0.144. The van der Waals surface area contributed by atoms with Gasteiger partial charge in [-0.05, 0) is 12.0 Å². The van der Waals surface area contributed by atoms with Crippen molar-refractivity contribution >= 4 is 23.7 Å². The van der Waals surface area contributed by atoms with E-state index in [1.807, 2.05) is 11.4 Å². The molecule has 0 aliphatic rings. The fourth-order valence-electron chi connectivity index (χ4n) is 2.11. The Kier molecular flexibility index (Phi) is 8.19. The van der Waals surface area contributed by atoms with Crippen LogP contribution in [0.5, 0.6) is 0 Å². The van der Waals surface area contributed by atoms with Gasteiger partial charge >= 0.3 is 5.97 Å². The third kappa shape index (κ3) is 6.87. The molecule has 3 atom stereocenters. The Bertz CT molecular complexity index is 651. The first kappa shape index (κ1) is 21.1. The summed E-state index contributed by atoms with van der Waals surface area (Å²) in [5.41, 5.74) is 11.5. The minimum atomic E-state index is -1.57. The maximum atomic E-state index is 12.1. The highest BCUT2D eigenvalue weighted by atomic mass is 16.4. The van der Waals surface area contributed by atoms with Crippen LogP contribution >= 0.6 is 0 Å². The number of primary amides is 1. The van der Waals surface area contributed by atoms with Crippen LogP contribution in [0.25, 0.3) is 0 Å². The normalized spacial score (nSPS) is 13.9. The van der Waals surface area contributed by atoms with Crippen LogP contribution in [0.2, 0.25) is 0 Å². The van der Waals surface area contributed by atoms with Gasteiger partial charge < -0.3 is 32.3 Å². The number of carbonyl (C=O) groups excluding carboxylic acids is 3. The zero-order chi connectivity index (χ0) is 19.7. The summed E-state index contributed by atoms with van der Waals surface area (Å²) in [5, 5.41) is 22.5. The summed E-state index contributed by atoms with van der Waals surface area (Å²) in [4.78, 5) is 46.0. The second-order valence-electron chi connectivity index (χ2n) is 5.61. The second-order valence-corrected chi connectivity index (χ2v) is 5.61. The molecule has 0 aliphatic heterocycles. The van der Waals surface area contributed by atoms with Gasteiger partial charge in [-0.1, -0.05) is 30.3 Å². The second kappa shape index (κ2) is 10.1. The highest BCUT2D eigenvalue weighted by Gasteiger charge is 2.28. The standard InChI is InChI=1S/C16H22N4O6/c17-10(6-9-4-2-1-3-5-9)14(23)20-12(8-21)15(24)19-11(16(25)26)7-13(18)22/h1-5,10-12,21H,6-8,17H2,(H2,18,22)(H,19,24)(H,20,23)(H,25,26)/t10-,11-,12-/m0/s1. The third-order valence-electron chi connectivity index (χ3n) is 3.47. The molecule has 0 unspecified atom stereocenters. The smallest absolute Gasteiger partial charge is 0.326 e. The number of carbonyl (C=O) groups is 4. The molecule has 0 aromatic heterocycles. The number of carboxylic acid groups (broad SMARTS) is 1. The molecular formula is C16H22N4O6. The minimum absolute atomic E-state index is 0.214. The summed E-state index contributed by atoms with van der Waals surface area (Å²) in [6.07, 6.45) is -0.410. The monoisotopic (exact) mass is 366 g/mol. The summed E-state index contributed by atoms with van der Waals surface area (Å²) in [5.74, 6) is -4.06. The van der Waals surface area contributed by atoms with Crippen molar-refractivity contribution in [3.05, 3.63) is 35.9 Å². The first-order valence-electron chi connectivity index (χ1n) is 7.76. The summed E-state index contributed by atoms with van der Waals surface area (Å²) in [6.45, 7) is -0.779. The van der Waals surface area contributed by atoms with E-state index in [0.717, 1.165) is 5.56 Å². The quantitative estimate of drug-likeness (QED) is 0.264. The summed E-state index contributed by atoms with van der Waals surface area (Å²) >= 11 is 0. The lowest BCUT2D eigenvalue weighted by atomic mass is 10.1. The molecule has 8 N–H and O–H groups in total. The van der Waals surface area contributed by atoms with E-state index >= 15 is 0 Å². The van der Waals surface area contributed by atoms with E-state index in [-0.39, 0.29) is 6.42 Å². The van der Waals surface area contributed by atoms with Crippen LogP contribution in [-0.2, 0) is 25.6 Å². The molecule has 1 aromatic carbocycles. The Balaban J connectivity index is 2.66. The van der Waals surface area contributed by atoms with Gasteiger partial charge in [0.25, 0.3) is 0 Å². The SMILES string of the molecule is NC(=O)C[C@H](NC(=O)[C@H](CO)NC(=O)[C@@H](N)Cc1ccccc1)C(=O)O. The van der Waals surface area contributed by atoms with Crippen LogP contribution in [0.3, 0.4) is 0 Å². The van der Waals surface area contributed by atoms with Crippen molar-refractivity contribution < 1.29 is 29.4 Å². The predicted octanol–water partition coefficient (Wildman–Crippen LogP) is -2.52. The molecule has 0 saturated heterocycles. The highest BCUT2D eigenvalue weighted by Crippen LogP contribution is 2.02. The zero-order valence-electron chi connectivity index (χ0n) is 13.9. The van der Waals surface area contributed by atoms with Crippen molar-refractivity contribution in [2.75, 3.05) is 6.61 Å². The lowest BCUT2D eigenvalue weighted by Crippen LogP contribution is -2.56. The molecule has 0 radical (unpaired) electrons. The molecule has 0 fully saturated rings. The topological polar surface area (TPSA) is 185 Å². The van der Waals surface area contributed by atoms with Gasteiger partial charge in [0.05, 0.1) is 19.1 Å². The molecule has 26 heavy (non-hydrogen) atoms. The van der Waals surface area contributed by atoms with Crippen LogP contribution in [-0.4, -0.2) is 58.6 Å². The van der Waals surface area contributed by atoms with E-state index in [9.17, 15) is 24.3 Å². The van der Waals surface area contributed by atoms with E-state index in [1.165, 1.54) is 0 Å². The molecule has 0 bridgehead atoms. The fraction of sp³-hybridized carbons (Fsp3) is 0.375. The fourth-order valence-corrected chi connectivity index (χ4v) is 2.11. The van der Waals surface area contributed by atoms with Crippen molar-refractivity contribution in [1.82, 2.24) is 10.6 Å². The van der Waals surface area contributed by atoms with Gasteiger partial charge in [-0.3, -0.25) is 14.4 Å². The molecule has 142 valence electrons. The molecule has 1 aromatic rings. The van der Waals surface area contributed by atoms with Crippen LogP contribution in [0.15, 0.2) is 30.3 Å². The summed E-state index contributed by atoms with van der Waals surface area (Å²) in [7, 11) is 0. The molecule has 10 nitrogen and oxygen atoms in total. The van der Waals surface area contributed by atoms with Gasteiger partial charge in [0.15, 0.2) is 0 Å². The van der Waals surface area contributed by atoms with Gasteiger partial charge in [0.1, 0.15) is 12.1 Å². The van der Waals surface area contributed by atoms with Gasteiger partial charge in [0.2, 0.25) is 17.7 Å². The number of rotatable bonds is 10. The van der Waals surface area contributed by atoms with Crippen LogP contribution in [0.1, 0.15) is 12.0 Å². The highest BCUT2D eigenvalue weighted by molar-refractivity contribution is 5.93. The Labute approximate surface area is 149 Å². The molecule has 1 rings (SSSR count). The van der Waals surface area contributed by atoms with Gasteiger partial charge in [-0.25, -0.2) is 4.79 Å². The minimum Gasteiger partial charge on any atom is -0.480 e. The van der Waals surface area contributed by atoms with Crippen molar-refractivity contribution in [3.63, 3.8) is 0 Å². The molecular weight excluding hydrogens is 344 g/mol. The van der Waals surface area contributed by atoms with E-state index < -0.39 is 54.8 Å². The van der Waals surface area contributed by atoms with Crippen molar-refractivity contribution in [1.29, 1.82) is 0 Å². The van der Waals surface area contributed by atoms with E-state index in [0.29, 0.717) is 0 Å². The number of aliphatic carboxylic acids is 1. The van der Waals surface area contributed by atoms with Crippen LogP contribution in [0.4, 0.5) is 0 Å². The van der Waals surface area contributed by atoms with E-state index in [2.05, 4.69) is 5.32 Å². The molecule has 0 spiro atoms. The number of benzene rings is 1. The number of nitrogens with two attached hydrogens (primary N) is 2. The number of hydrogen-bond donors (Lipinski definition) is 6. The van der Waals surface area contributed by atoms with Gasteiger partial charge in [-0.2, -0.15) is 0 Å². The Hall–Kier alpha value is -2.98. The Morgan fingerprint density at radius 2 is 1.58 bits per heavy atom. The first-order chi connectivity index (χ1) is 12.2. The summed E-state index contributed by atoms with van der Waals surface area (Å²) < 4.78 is 0. The average molecular weight is 366 g/mol. The number of aliphatic hydroxyl groups is 1. The zero-order valence-corrected chi connectivity index (χ0v) is 13.9. The molecule has 0 heterocycles. The van der Waals surface area contributed by atoms with E-state index in [1.54, 1.807) is 24.3 Å². The number of hydrogen-bond acceptors (Lipinski definition) is 6. The number of carboxylic acids is 1. The third-order valence-corrected chi connectivity index (χ3v) is 3.47. The largest absolute Gasteiger partial charge is 0.480 e. The predicted molar refractivity (Wildman–Crippen MR) is 90.5 cm³/mol. The molecule has 0 saturated carbocycles. The average Bonchev–Trinajstić information content (AvgIpc) is 2.58. The first-order valence-corrected chi connectivity index (χ1v) is 7.76.